The van der Waals surface area contributed by atoms with Gasteiger partial charge in [0.25, 0.3) is 0 Å². The maximum Gasteiger partial charge on any atom is 0.225 e. The van der Waals surface area contributed by atoms with Crippen molar-refractivity contribution in [3.05, 3.63) is 53.6 Å². The summed E-state index contributed by atoms with van der Waals surface area (Å²) < 4.78 is 5.94. The van der Waals surface area contributed by atoms with Gasteiger partial charge >= 0.3 is 0 Å². The Kier molecular flexibility index (Phi) is 3.35. The van der Waals surface area contributed by atoms with Crippen LogP contribution < -0.4 is 0 Å². The average Bonchev–Trinajstić information content (AvgIpc) is 2.83. The zero-order valence-electron chi connectivity index (χ0n) is 9.41. The molecule has 0 fully saturated rings. The van der Waals surface area contributed by atoms with Crippen molar-refractivity contribution >= 4 is 12.3 Å². The van der Waals surface area contributed by atoms with Crippen molar-refractivity contribution in [1.29, 1.82) is 0 Å². The predicted molar refractivity (Wildman–Crippen MR) is 66.6 cm³/mol. The SMILES string of the molecule is C[N+]([O-])=CC=Cc1ccc(-c2ncco2)cc1. The molecule has 0 aliphatic rings. The third-order valence-electron chi connectivity index (χ3n) is 2.17. The predicted octanol–water partition coefficient (Wildman–Crippen LogP) is 2.57. The first kappa shape index (κ1) is 11.1. The maximum absolute atomic E-state index is 10.6. The van der Waals surface area contributed by atoms with Crippen molar-refractivity contribution in [1.82, 2.24) is 4.98 Å². The smallest absolute Gasteiger partial charge is 0.225 e. The normalized spacial score (nSPS) is 12.2. The first-order valence-electron chi connectivity index (χ1n) is 5.17. The van der Waals surface area contributed by atoms with E-state index in [0.717, 1.165) is 15.9 Å². The minimum Gasteiger partial charge on any atom is -0.624 e. The van der Waals surface area contributed by atoms with Gasteiger partial charge in [-0.1, -0.05) is 12.1 Å². The minimum atomic E-state index is 0.603. The van der Waals surface area contributed by atoms with E-state index in [1.165, 1.54) is 13.3 Å². The largest absolute Gasteiger partial charge is 0.624 e. The van der Waals surface area contributed by atoms with Crippen molar-refractivity contribution in [2.45, 2.75) is 0 Å². The van der Waals surface area contributed by atoms with Crippen molar-refractivity contribution in [3.63, 3.8) is 0 Å². The second-order valence-corrected chi connectivity index (χ2v) is 3.51. The molecule has 0 unspecified atom stereocenters. The molecule has 86 valence electrons. The van der Waals surface area contributed by atoms with E-state index >= 15 is 0 Å². The van der Waals surface area contributed by atoms with Gasteiger partial charge in [-0.05, 0) is 23.8 Å². The van der Waals surface area contributed by atoms with E-state index < -0.39 is 0 Å². The van der Waals surface area contributed by atoms with E-state index in [9.17, 15) is 5.21 Å². The van der Waals surface area contributed by atoms with Crippen LogP contribution in [0.4, 0.5) is 0 Å². The second kappa shape index (κ2) is 5.12. The quantitative estimate of drug-likeness (QED) is 0.351. The highest BCUT2D eigenvalue weighted by atomic mass is 16.5. The summed E-state index contributed by atoms with van der Waals surface area (Å²) in [6, 6.07) is 7.72. The highest BCUT2D eigenvalue weighted by Gasteiger charge is 2.00. The molecule has 1 heterocycles. The zero-order chi connectivity index (χ0) is 12.1. The van der Waals surface area contributed by atoms with E-state index in [1.54, 1.807) is 18.5 Å². The lowest BCUT2D eigenvalue weighted by Crippen LogP contribution is -1.91. The molecule has 17 heavy (non-hydrogen) atoms. The van der Waals surface area contributed by atoms with E-state index in [-0.39, 0.29) is 0 Å². The van der Waals surface area contributed by atoms with Gasteiger partial charge in [0, 0.05) is 11.6 Å². The van der Waals surface area contributed by atoms with Crippen LogP contribution in [0.25, 0.3) is 17.5 Å². The Balaban J connectivity index is 2.14. The van der Waals surface area contributed by atoms with Gasteiger partial charge in [0.15, 0.2) is 6.21 Å². The molecule has 0 saturated carbocycles. The summed E-state index contributed by atoms with van der Waals surface area (Å²) in [4.78, 5) is 4.06. The Labute approximate surface area is 99.1 Å². The number of aromatic nitrogens is 1. The minimum absolute atomic E-state index is 0.603. The van der Waals surface area contributed by atoms with Crippen LogP contribution in [-0.4, -0.2) is 23.0 Å². The van der Waals surface area contributed by atoms with Crippen LogP contribution in [0, 0.1) is 5.21 Å². The lowest BCUT2D eigenvalue weighted by atomic mass is 10.1. The molecule has 0 spiro atoms. The number of nitrogens with zero attached hydrogens (tertiary/aromatic N) is 2. The highest BCUT2D eigenvalue weighted by molar-refractivity contribution is 5.75. The van der Waals surface area contributed by atoms with E-state index in [2.05, 4.69) is 4.98 Å². The average molecular weight is 228 g/mol. The molecule has 0 bridgehead atoms. The Hall–Kier alpha value is -2.36. The van der Waals surface area contributed by atoms with Crippen LogP contribution in [0.2, 0.25) is 0 Å². The van der Waals surface area contributed by atoms with Gasteiger partial charge in [-0.15, -0.1) is 0 Å². The summed E-state index contributed by atoms with van der Waals surface area (Å²) in [6.07, 6.45) is 8.16. The summed E-state index contributed by atoms with van der Waals surface area (Å²) in [6.45, 7) is 0. The van der Waals surface area contributed by atoms with Crippen molar-refractivity contribution < 1.29 is 9.16 Å². The van der Waals surface area contributed by atoms with E-state index in [0.29, 0.717) is 5.89 Å². The van der Waals surface area contributed by atoms with Gasteiger partial charge in [-0.2, -0.15) is 0 Å². The van der Waals surface area contributed by atoms with Gasteiger partial charge < -0.3 is 9.62 Å². The van der Waals surface area contributed by atoms with Crippen LogP contribution >= 0.6 is 0 Å². The first-order chi connectivity index (χ1) is 8.25. The highest BCUT2D eigenvalue weighted by Crippen LogP contribution is 2.17. The number of rotatable bonds is 3. The third-order valence-corrected chi connectivity index (χ3v) is 2.17. The molecule has 0 amide bonds. The van der Waals surface area contributed by atoms with Gasteiger partial charge in [0.2, 0.25) is 5.89 Å². The fraction of sp³-hybridized carbons (Fsp3) is 0.0769. The number of hydrogen-bond donors (Lipinski definition) is 0. The van der Waals surface area contributed by atoms with Gasteiger partial charge in [-0.3, -0.25) is 0 Å². The summed E-state index contributed by atoms with van der Waals surface area (Å²) in [5, 5.41) is 10.6. The molecule has 0 atom stereocenters. The van der Waals surface area contributed by atoms with Crippen molar-refractivity contribution in [2.24, 2.45) is 0 Å². The van der Waals surface area contributed by atoms with Crippen LogP contribution in [-0.2, 0) is 0 Å². The van der Waals surface area contributed by atoms with Gasteiger partial charge in [-0.25, -0.2) is 9.72 Å². The molecular formula is C13H12N2O2. The number of benzene rings is 1. The van der Waals surface area contributed by atoms with Crippen LogP contribution in [0.15, 0.2) is 47.2 Å². The molecule has 0 aliphatic heterocycles. The molecule has 1 aromatic carbocycles. The third kappa shape index (κ3) is 3.04. The fourth-order valence-electron chi connectivity index (χ4n) is 1.38. The Morgan fingerprint density at radius 1 is 1.29 bits per heavy atom. The standard InChI is InChI=1S/C13H12N2O2/c1-15(16)9-2-3-11-4-6-12(7-5-11)13-14-8-10-17-13/h2-10H,1H3. The molecule has 1 aromatic heterocycles. The van der Waals surface area contributed by atoms with E-state index in [1.807, 2.05) is 30.3 Å². The Morgan fingerprint density at radius 2 is 2.06 bits per heavy atom. The molecule has 0 aliphatic carbocycles. The molecule has 0 radical (unpaired) electrons. The summed E-state index contributed by atoms with van der Waals surface area (Å²) in [5.41, 5.74) is 1.94. The Morgan fingerprint density at radius 3 is 2.65 bits per heavy atom. The maximum atomic E-state index is 10.6. The lowest BCUT2D eigenvalue weighted by molar-refractivity contribution is -0.416. The topological polar surface area (TPSA) is 52.1 Å². The fourth-order valence-corrected chi connectivity index (χ4v) is 1.38. The number of oxazole rings is 1. The molecule has 0 N–H and O–H groups in total. The number of hydroxylamine groups is 1. The van der Waals surface area contributed by atoms with Crippen LogP contribution in [0.5, 0.6) is 0 Å². The van der Waals surface area contributed by atoms with Gasteiger partial charge in [0.1, 0.15) is 13.3 Å². The van der Waals surface area contributed by atoms with Crippen molar-refractivity contribution in [3.8, 4) is 11.5 Å². The van der Waals surface area contributed by atoms with Gasteiger partial charge in [0.05, 0.1) is 6.20 Å². The summed E-state index contributed by atoms with van der Waals surface area (Å²) >= 11 is 0. The molecular weight excluding hydrogens is 216 g/mol. The van der Waals surface area contributed by atoms with Crippen LogP contribution in [0.3, 0.4) is 0 Å². The second-order valence-electron chi connectivity index (χ2n) is 3.51. The summed E-state index contributed by atoms with van der Waals surface area (Å²) in [7, 11) is 1.44. The Bertz CT molecular complexity index is 521. The number of allylic oxidation sites excluding steroid dienone is 1. The summed E-state index contributed by atoms with van der Waals surface area (Å²) in [5.74, 6) is 0.603. The molecule has 4 heteroatoms. The van der Waals surface area contributed by atoms with Crippen LogP contribution in [0.1, 0.15) is 5.56 Å². The number of hydrogen-bond acceptors (Lipinski definition) is 3. The lowest BCUT2D eigenvalue weighted by Gasteiger charge is -1.96. The molecule has 2 rings (SSSR count). The van der Waals surface area contributed by atoms with Crippen molar-refractivity contribution in [2.75, 3.05) is 7.05 Å². The molecule has 0 saturated heterocycles. The van der Waals surface area contributed by atoms with E-state index in [4.69, 9.17) is 4.42 Å². The monoisotopic (exact) mass is 228 g/mol. The molecule has 2 aromatic rings. The molecule has 4 nitrogen and oxygen atoms in total. The zero-order valence-corrected chi connectivity index (χ0v) is 9.41. The first-order valence-corrected chi connectivity index (χ1v) is 5.17.